The highest BCUT2D eigenvalue weighted by atomic mass is 16.3. The highest BCUT2D eigenvalue weighted by Crippen LogP contribution is 2.24. The first-order valence-corrected chi connectivity index (χ1v) is 7.01. The maximum Gasteiger partial charge on any atom is 0.121 e. The average molecular weight is 271 g/mol. The van der Waals surface area contributed by atoms with Crippen molar-refractivity contribution in [1.29, 1.82) is 0 Å². The second-order valence-corrected chi connectivity index (χ2v) is 5.35. The summed E-state index contributed by atoms with van der Waals surface area (Å²) < 4.78 is 0. The van der Waals surface area contributed by atoms with E-state index < -0.39 is 0 Å². The summed E-state index contributed by atoms with van der Waals surface area (Å²) in [5.74, 6) is 0. The summed E-state index contributed by atoms with van der Waals surface area (Å²) >= 11 is 0. The number of benzene rings is 2. The minimum Gasteiger partial charge on any atom is -0.385 e. The van der Waals surface area contributed by atoms with Crippen molar-refractivity contribution in [2.75, 3.05) is 32.1 Å². The molecule has 2 aromatic carbocycles. The average Bonchev–Trinajstić information content (AvgIpc) is 2.46. The molecule has 0 aromatic heterocycles. The number of quaternary nitrogens is 1. The first-order valence-electron chi connectivity index (χ1n) is 7.01. The van der Waals surface area contributed by atoms with Gasteiger partial charge in [-0.3, -0.25) is 0 Å². The third-order valence-electron chi connectivity index (χ3n) is 3.17. The van der Waals surface area contributed by atoms with Gasteiger partial charge in [-0.2, -0.15) is 0 Å². The van der Waals surface area contributed by atoms with Crippen molar-refractivity contribution in [3.8, 4) is 0 Å². The van der Waals surface area contributed by atoms with E-state index in [0.29, 0.717) is 6.54 Å². The molecule has 106 valence electrons. The minimum absolute atomic E-state index is 0.361. The van der Waals surface area contributed by atoms with Crippen molar-refractivity contribution >= 4 is 11.4 Å². The van der Waals surface area contributed by atoms with E-state index in [1.165, 1.54) is 4.90 Å². The van der Waals surface area contributed by atoms with Gasteiger partial charge in [-0.1, -0.05) is 36.4 Å². The van der Waals surface area contributed by atoms with E-state index in [0.717, 1.165) is 17.9 Å². The molecule has 0 fully saturated rings. The molecule has 0 aliphatic carbocycles. The minimum atomic E-state index is -0.361. The van der Waals surface area contributed by atoms with Crippen LogP contribution in [0.25, 0.3) is 0 Å². The van der Waals surface area contributed by atoms with Crippen LogP contribution in [0.1, 0.15) is 0 Å². The van der Waals surface area contributed by atoms with Crippen LogP contribution in [0.5, 0.6) is 0 Å². The molecule has 1 atom stereocenters. The fraction of sp³-hybridized carbons (Fsp3) is 0.294. The lowest BCUT2D eigenvalue weighted by molar-refractivity contribution is -0.861. The van der Waals surface area contributed by atoms with Gasteiger partial charge in [0.25, 0.3) is 0 Å². The van der Waals surface area contributed by atoms with Crippen molar-refractivity contribution in [2.45, 2.75) is 6.10 Å². The van der Waals surface area contributed by atoms with E-state index in [1.54, 1.807) is 0 Å². The van der Waals surface area contributed by atoms with E-state index in [2.05, 4.69) is 43.3 Å². The van der Waals surface area contributed by atoms with Gasteiger partial charge in [0.15, 0.2) is 0 Å². The molecule has 3 nitrogen and oxygen atoms in total. The quantitative estimate of drug-likeness (QED) is 0.829. The molecule has 0 saturated carbocycles. The van der Waals surface area contributed by atoms with Crippen LogP contribution in [0.3, 0.4) is 0 Å². The van der Waals surface area contributed by atoms with Gasteiger partial charge in [-0.05, 0) is 24.3 Å². The predicted octanol–water partition coefficient (Wildman–Crippen LogP) is 1.33. The highest BCUT2D eigenvalue weighted by Gasteiger charge is 2.16. The third kappa shape index (κ3) is 4.08. The van der Waals surface area contributed by atoms with Crippen molar-refractivity contribution in [1.82, 2.24) is 0 Å². The Morgan fingerprint density at radius 1 is 0.900 bits per heavy atom. The number of aliphatic hydroxyl groups excluding tert-OH is 1. The van der Waals surface area contributed by atoms with E-state index in [9.17, 15) is 5.11 Å². The molecule has 20 heavy (non-hydrogen) atoms. The summed E-state index contributed by atoms with van der Waals surface area (Å²) in [4.78, 5) is 3.41. The third-order valence-corrected chi connectivity index (χ3v) is 3.17. The van der Waals surface area contributed by atoms with Crippen LogP contribution >= 0.6 is 0 Å². The second kappa shape index (κ2) is 7.08. The lowest BCUT2D eigenvalue weighted by Crippen LogP contribution is -3.07. The zero-order valence-corrected chi connectivity index (χ0v) is 12.2. The zero-order chi connectivity index (χ0) is 14.4. The van der Waals surface area contributed by atoms with Crippen molar-refractivity contribution in [3.05, 3.63) is 60.7 Å². The van der Waals surface area contributed by atoms with Crippen molar-refractivity contribution in [2.24, 2.45) is 0 Å². The number of hydrogen-bond donors (Lipinski definition) is 2. The van der Waals surface area contributed by atoms with Gasteiger partial charge in [-0.15, -0.1) is 0 Å². The summed E-state index contributed by atoms with van der Waals surface area (Å²) in [6, 6.07) is 20.4. The lowest BCUT2D eigenvalue weighted by atomic mass is 10.2. The molecule has 0 heterocycles. The van der Waals surface area contributed by atoms with Gasteiger partial charge < -0.3 is 14.9 Å². The molecule has 0 amide bonds. The summed E-state index contributed by atoms with van der Waals surface area (Å²) in [7, 11) is 4.11. The van der Waals surface area contributed by atoms with Gasteiger partial charge in [0, 0.05) is 11.4 Å². The largest absolute Gasteiger partial charge is 0.385 e. The topological polar surface area (TPSA) is 27.9 Å². The molecule has 0 radical (unpaired) electrons. The van der Waals surface area contributed by atoms with E-state index in [-0.39, 0.29) is 6.10 Å². The fourth-order valence-electron chi connectivity index (χ4n) is 2.32. The Balaban J connectivity index is 2.21. The molecular weight excluding hydrogens is 248 g/mol. The van der Waals surface area contributed by atoms with E-state index in [1.807, 2.05) is 36.4 Å². The smallest absolute Gasteiger partial charge is 0.121 e. The van der Waals surface area contributed by atoms with E-state index in [4.69, 9.17) is 0 Å². The van der Waals surface area contributed by atoms with E-state index >= 15 is 0 Å². The normalized spacial score (nSPS) is 12.4. The molecule has 0 unspecified atom stereocenters. The van der Waals surface area contributed by atoms with Gasteiger partial charge in [-0.25, -0.2) is 0 Å². The summed E-state index contributed by atoms with van der Waals surface area (Å²) in [5.41, 5.74) is 2.21. The molecule has 0 spiro atoms. The highest BCUT2D eigenvalue weighted by molar-refractivity contribution is 5.62. The number of aliphatic hydroxyl groups is 1. The Morgan fingerprint density at radius 3 is 1.75 bits per heavy atom. The van der Waals surface area contributed by atoms with Crippen LogP contribution in [0.2, 0.25) is 0 Å². The van der Waals surface area contributed by atoms with Gasteiger partial charge in [0.05, 0.1) is 20.6 Å². The molecule has 2 rings (SSSR count). The molecule has 0 aliphatic rings. The first kappa shape index (κ1) is 14.6. The van der Waals surface area contributed by atoms with Crippen LogP contribution in [0.15, 0.2) is 60.7 Å². The molecular formula is C17H23N2O+. The van der Waals surface area contributed by atoms with Gasteiger partial charge in [0.1, 0.15) is 12.6 Å². The lowest BCUT2D eigenvalue weighted by Gasteiger charge is -2.27. The Kier molecular flexibility index (Phi) is 5.16. The molecule has 0 saturated heterocycles. The van der Waals surface area contributed by atoms with Crippen LogP contribution in [0, 0.1) is 0 Å². The van der Waals surface area contributed by atoms with Crippen LogP contribution in [-0.2, 0) is 0 Å². The maximum absolute atomic E-state index is 10.3. The number of likely N-dealkylation sites (N-methyl/N-ethyl adjacent to an activating group) is 1. The van der Waals surface area contributed by atoms with Crippen LogP contribution in [0.4, 0.5) is 11.4 Å². The number of anilines is 2. The SMILES string of the molecule is C[NH+](C)C[C@@H](O)CN(c1ccccc1)c1ccccc1. The number of para-hydroxylation sites is 2. The molecule has 2 N–H and O–H groups in total. The van der Waals surface area contributed by atoms with Gasteiger partial charge in [0.2, 0.25) is 0 Å². The molecule has 2 aromatic rings. The standard InChI is InChI=1S/C17H22N2O/c1-18(2)13-17(20)14-19(15-9-5-3-6-10-15)16-11-7-4-8-12-16/h3-12,17,20H,13-14H2,1-2H3/p+1/t17-/m1/s1. The second-order valence-electron chi connectivity index (χ2n) is 5.35. The number of rotatable bonds is 6. The van der Waals surface area contributed by atoms with Gasteiger partial charge >= 0.3 is 0 Å². The summed E-state index contributed by atoms with van der Waals surface area (Å²) in [6.07, 6.45) is -0.361. The Bertz CT molecular complexity index is 459. The summed E-state index contributed by atoms with van der Waals surface area (Å²) in [5, 5.41) is 10.3. The predicted molar refractivity (Wildman–Crippen MR) is 83.6 cm³/mol. The van der Waals surface area contributed by atoms with Crippen molar-refractivity contribution < 1.29 is 10.0 Å². The van der Waals surface area contributed by atoms with Crippen LogP contribution in [-0.4, -0.2) is 38.4 Å². The Morgan fingerprint density at radius 2 is 1.35 bits per heavy atom. The monoisotopic (exact) mass is 271 g/mol. The summed E-state index contributed by atoms with van der Waals surface area (Å²) in [6.45, 7) is 1.33. The molecule has 0 bridgehead atoms. The number of nitrogens with zero attached hydrogens (tertiary/aromatic N) is 1. The maximum atomic E-state index is 10.3. The first-order chi connectivity index (χ1) is 9.66. The fourth-order valence-corrected chi connectivity index (χ4v) is 2.32. The number of nitrogens with one attached hydrogen (secondary N) is 1. The molecule has 3 heteroatoms. The Hall–Kier alpha value is -1.84. The molecule has 0 aliphatic heterocycles. The Labute approximate surface area is 121 Å². The number of hydrogen-bond acceptors (Lipinski definition) is 2. The zero-order valence-electron chi connectivity index (χ0n) is 12.2. The van der Waals surface area contributed by atoms with Crippen molar-refractivity contribution in [3.63, 3.8) is 0 Å². The van der Waals surface area contributed by atoms with Crippen LogP contribution < -0.4 is 9.80 Å².